The summed E-state index contributed by atoms with van der Waals surface area (Å²) in [4.78, 5) is 28.1. The number of carbonyl (C=O) groups is 2. The highest BCUT2D eigenvalue weighted by Crippen LogP contribution is 2.23. The van der Waals surface area contributed by atoms with Crippen molar-refractivity contribution in [1.29, 1.82) is 0 Å². The van der Waals surface area contributed by atoms with Crippen molar-refractivity contribution in [2.75, 3.05) is 12.4 Å². The lowest BCUT2D eigenvalue weighted by Gasteiger charge is -2.10. The second-order valence-corrected chi connectivity index (χ2v) is 5.79. The van der Waals surface area contributed by atoms with E-state index in [4.69, 9.17) is 9.47 Å². The lowest BCUT2D eigenvalue weighted by molar-refractivity contribution is 0.0693. The molecule has 2 N–H and O–H groups in total. The molecule has 3 rings (SSSR count). The number of ether oxygens (including phenoxy) is 2. The van der Waals surface area contributed by atoms with Gasteiger partial charge in [0.15, 0.2) is 0 Å². The van der Waals surface area contributed by atoms with E-state index < -0.39 is 11.9 Å². The molecular weight excluding hydrogens is 360 g/mol. The first kappa shape index (κ1) is 18.9. The van der Waals surface area contributed by atoms with Crippen molar-refractivity contribution in [1.82, 2.24) is 4.98 Å². The summed E-state index contributed by atoms with van der Waals surface area (Å²) in [6, 6.07) is 18.7. The largest absolute Gasteiger partial charge is 0.496 e. The molecule has 7 nitrogen and oxygen atoms in total. The van der Waals surface area contributed by atoms with Crippen molar-refractivity contribution in [2.24, 2.45) is 0 Å². The third-order valence-electron chi connectivity index (χ3n) is 3.86. The monoisotopic (exact) mass is 378 g/mol. The zero-order valence-electron chi connectivity index (χ0n) is 15.1. The van der Waals surface area contributed by atoms with Gasteiger partial charge >= 0.3 is 5.97 Å². The maximum Gasteiger partial charge on any atom is 0.339 e. The Morgan fingerprint density at radius 2 is 1.82 bits per heavy atom. The Labute approximate surface area is 161 Å². The number of para-hydroxylation sites is 1. The number of carbonyl (C=O) groups excluding carboxylic acids is 1. The molecule has 7 heteroatoms. The van der Waals surface area contributed by atoms with Gasteiger partial charge in [0.2, 0.25) is 0 Å². The number of hydrogen-bond donors (Lipinski definition) is 2. The highest BCUT2D eigenvalue weighted by molar-refractivity contribution is 6.03. The van der Waals surface area contributed by atoms with Gasteiger partial charge in [0.05, 0.1) is 12.8 Å². The van der Waals surface area contributed by atoms with E-state index in [0.29, 0.717) is 17.1 Å². The average molecular weight is 378 g/mol. The van der Waals surface area contributed by atoms with Gasteiger partial charge in [-0.1, -0.05) is 24.3 Å². The highest BCUT2D eigenvalue weighted by atomic mass is 16.5. The molecule has 0 bridgehead atoms. The molecule has 0 aliphatic carbocycles. The van der Waals surface area contributed by atoms with Crippen molar-refractivity contribution in [3.8, 4) is 11.5 Å². The van der Waals surface area contributed by atoms with E-state index in [1.807, 2.05) is 30.3 Å². The predicted molar refractivity (Wildman–Crippen MR) is 103 cm³/mol. The smallest absolute Gasteiger partial charge is 0.339 e. The molecule has 0 spiro atoms. The van der Waals surface area contributed by atoms with E-state index in [-0.39, 0.29) is 23.6 Å². The van der Waals surface area contributed by atoms with Gasteiger partial charge in [0.1, 0.15) is 29.4 Å². The molecule has 1 amide bonds. The summed E-state index contributed by atoms with van der Waals surface area (Å²) in [7, 11) is 1.38. The molecule has 0 fully saturated rings. The Kier molecular flexibility index (Phi) is 5.86. The second kappa shape index (κ2) is 8.68. The number of amides is 1. The first-order valence-corrected chi connectivity index (χ1v) is 8.43. The molecule has 0 unspecified atom stereocenters. The summed E-state index contributed by atoms with van der Waals surface area (Å²) in [5.41, 5.74) is 1.08. The van der Waals surface area contributed by atoms with Gasteiger partial charge in [0.25, 0.3) is 5.91 Å². The minimum Gasteiger partial charge on any atom is -0.496 e. The second-order valence-electron chi connectivity index (χ2n) is 5.79. The van der Waals surface area contributed by atoms with Crippen LogP contribution in [0.25, 0.3) is 0 Å². The number of nitrogens with zero attached hydrogens (tertiary/aromatic N) is 1. The van der Waals surface area contributed by atoms with Crippen LogP contribution in [0.1, 0.15) is 26.5 Å². The van der Waals surface area contributed by atoms with Crippen LogP contribution in [-0.2, 0) is 6.61 Å². The maximum absolute atomic E-state index is 12.5. The number of nitrogens with one attached hydrogen (secondary N) is 1. The van der Waals surface area contributed by atoms with Gasteiger partial charge in [0, 0.05) is 5.69 Å². The highest BCUT2D eigenvalue weighted by Gasteiger charge is 2.14. The summed E-state index contributed by atoms with van der Waals surface area (Å²) in [5.74, 6) is -0.684. The summed E-state index contributed by atoms with van der Waals surface area (Å²) < 4.78 is 10.6. The quantitative estimate of drug-likeness (QED) is 0.652. The molecule has 2 aromatic carbocycles. The number of hydrogen-bond acceptors (Lipinski definition) is 5. The average Bonchev–Trinajstić information content (AvgIpc) is 2.73. The number of carboxylic acids is 1. The number of pyridine rings is 1. The van der Waals surface area contributed by atoms with Gasteiger partial charge in [-0.25, -0.2) is 9.78 Å². The SMILES string of the molecule is COc1ccc(NC(=O)c2cccc(COc3ccccc3)n2)cc1C(=O)O. The van der Waals surface area contributed by atoms with Crippen LogP contribution in [0.4, 0.5) is 5.69 Å². The fraction of sp³-hybridized carbons (Fsp3) is 0.0952. The van der Waals surface area contributed by atoms with Crippen LogP contribution in [0.5, 0.6) is 11.5 Å². The number of anilines is 1. The molecule has 0 atom stereocenters. The Morgan fingerprint density at radius 3 is 2.54 bits per heavy atom. The van der Waals surface area contributed by atoms with E-state index in [1.165, 1.54) is 19.2 Å². The van der Waals surface area contributed by atoms with Crippen LogP contribution in [0.3, 0.4) is 0 Å². The third-order valence-corrected chi connectivity index (χ3v) is 3.86. The number of aromatic nitrogens is 1. The van der Waals surface area contributed by atoms with E-state index >= 15 is 0 Å². The minimum absolute atomic E-state index is 0.0433. The van der Waals surface area contributed by atoms with Gasteiger partial charge in [-0.05, 0) is 42.5 Å². The Bertz CT molecular complexity index is 989. The number of methoxy groups -OCH3 is 1. The van der Waals surface area contributed by atoms with Crippen LogP contribution in [-0.4, -0.2) is 29.1 Å². The number of benzene rings is 2. The standard InChI is InChI=1S/C21H18N2O5/c1-27-19-11-10-14(12-17(19)21(25)26)23-20(24)18-9-5-6-15(22-18)13-28-16-7-3-2-4-8-16/h2-12H,13H2,1H3,(H,23,24)(H,25,26). The topological polar surface area (TPSA) is 97.8 Å². The normalized spacial score (nSPS) is 10.2. The fourth-order valence-electron chi connectivity index (χ4n) is 2.51. The number of aromatic carboxylic acids is 1. The zero-order valence-corrected chi connectivity index (χ0v) is 15.1. The molecule has 0 radical (unpaired) electrons. The first-order valence-electron chi connectivity index (χ1n) is 8.43. The molecule has 1 aromatic heterocycles. The number of carboxylic acid groups (broad SMARTS) is 1. The van der Waals surface area contributed by atoms with Crippen molar-refractivity contribution >= 4 is 17.6 Å². The summed E-state index contributed by atoms with van der Waals surface area (Å²) in [5, 5.41) is 11.9. The van der Waals surface area contributed by atoms with Crippen LogP contribution in [0.2, 0.25) is 0 Å². The van der Waals surface area contributed by atoms with E-state index in [1.54, 1.807) is 24.3 Å². The molecule has 3 aromatic rings. The van der Waals surface area contributed by atoms with E-state index in [0.717, 1.165) is 0 Å². The Hall–Kier alpha value is -3.87. The molecule has 1 heterocycles. The van der Waals surface area contributed by atoms with Crippen molar-refractivity contribution in [2.45, 2.75) is 6.61 Å². The van der Waals surface area contributed by atoms with Gasteiger partial charge in [-0.15, -0.1) is 0 Å². The Morgan fingerprint density at radius 1 is 1.04 bits per heavy atom. The van der Waals surface area contributed by atoms with Gasteiger partial charge in [-0.2, -0.15) is 0 Å². The summed E-state index contributed by atoms with van der Waals surface area (Å²) >= 11 is 0. The van der Waals surface area contributed by atoms with Gasteiger partial charge < -0.3 is 19.9 Å². The minimum atomic E-state index is -1.15. The van der Waals surface area contributed by atoms with Crippen LogP contribution < -0.4 is 14.8 Å². The first-order chi connectivity index (χ1) is 13.6. The lowest BCUT2D eigenvalue weighted by Crippen LogP contribution is -2.15. The van der Waals surface area contributed by atoms with Crippen LogP contribution in [0, 0.1) is 0 Å². The van der Waals surface area contributed by atoms with E-state index in [9.17, 15) is 14.7 Å². The third kappa shape index (κ3) is 4.64. The van der Waals surface area contributed by atoms with Crippen LogP contribution in [0.15, 0.2) is 66.7 Å². The van der Waals surface area contributed by atoms with E-state index in [2.05, 4.69) is 10.3 Å². The molecular formula is C21H18N2O5. The zero-order chi connectivity index (χ0) is 19.9. The Balaban J connectivity index is 1.71. The van der Waals surface area contributed by atoms with Crippen LogP contribution >= 0.6 is 0 Å². The van der Waals surface area contributed by atoms with Crippen molar-refractivity contribution in [3.63, 3.8) is 0 Å². The number of rotatable bonds is 7. The maximum atomic E-state index is 12.5. The molecule has 0 saturated carbocycles. The van der Waals surface area contributed by atoms with Crippen molar-refractivity contribution in [3.05, 3.63) is 83.7 Å². The fourth-order valence-corrected chi connectivity index (χ4v) is 2.51. The molecule has 142 valence electrons. The van der Waals surface area contributed by atoms with Gasteiger partial charge in [-0.3, -0.25) is 4.79 Å². The molecule has 28 heavy (non-hydrogen) atoms. The predicted octanol–water partition coefficient (Wildman–Crippen LogP) is 3.62. The summed E-state index contributed by atoms with van der Waals surface area (Å²) in [6.07, 6.45) is 0. The summed E-state index contributed by atoms with van der Waals surface area (Å²) in [6.45, 7) is 0.219. The molecule has 0 aliphatic rings. The van der Waals surface area contributed by atoms with Crippen molar-refractivity contribution < 1.29 is 24.2 Å². The molecule has 0 saturated heterocycles. The molecule has 0 aliphatic heterocycles. The lowest BCUT2D eigenvalue weighted by atomic mass is 10.1.